The van der Waals surface area contributed by atoms with E-state index in [2.05, 4.69) is 10.2 Å². The van der Waals surface area contributed by atoms with Crippen LogP contribution in [0.3, 0.4) is 0 Å². The summed E-state index contributed by atoms with van der Waals surface area (Å²) < 4.78 is 7.83. The molecule has 1 aromatic rings. The standard InChI is InChI=1S/C17H24N4O4/c22-15(7-12-5-14(6-12)21-10-18-19-11-21)20-3-1-17(2-4-20)8-13(9-25-17)16(23)24/h10-14H,1-9H2,(H,23,24). The average molecular weight is 348 g/mol. The SMILES string of the molecule is O=C(O)C1COC2(CCN(C(=O)CC3CC(n4cnnc4)C3)CC2)C1. The molecule has 0 aromatic carbocycles. The molecule has 4 rings (SSSR count). The van der Waals surface area contributed by atoms with E-state index < -0.39 is 11.9 Å². The maximum Gasteiger partial charge on any atom is 0.308 e. The van der Waals surface area contributed by atoms with E-state index in [-0.39, 0.29) is 11.5 Å². The number of piperidine rings is 1. The van der Waals surface area contributed by atoms with Gasteiger partial charge < -0.3 is 19.3 Å². The molecule has 1 saturated carbocycles. The minimum atomic E-state index is -0.775. The van der Waals surface area contributed by atoms with Gasteiger partial charge in [0.1, 0.15) is 12.7 Å². The molecule has 136 valence electrons. The zero-order valence-electron chi connectivity index (χ0n) is 14.2. The second-order valence-electron chi connectivity index (χ2n) is 7.72. The lowest BCUT2D eigenvalue weighted by molar-refractivity contribution is -0.141. The molecule has 3 aliphatic rings. The van der Waals surface area contributed by atoms with Crippen LogP contribution in [0.5, 0.6) is 0 Å². The van der Waals surface area contributed by atoms with Crippen LogP contribution in [0.2, 0.25) is 0 Å². The van der Waals surface area contributed by atoms with Crippen molar-refractivity contribution in [1.29, 1.82) is 0 Å². The third-order valence-electron chi connectivity index (χ3n) is 6.12. The van der Waals surface area contributed by atoms with Crippen LogP contribution in [0.4, 0.5) is 0 Å². The van der Waals surface area contributed by atoms with Crippen LogP contribution in [-0.4, -0.2) is 61.9 Å². The average Bonchev–Trinajstić information content (AvgIpc) is 3.21. The quantitative estimate of drug-likeness (QED) is 0.875. The molecule has 0 bridgehead atoms. The molecular weight excluding hydrogens is 324 g/mol. The van der Waals surface area contributed by atoms with Gasteiger partial charge in [0, 0.05) is 25.6 Å². The van der Waals surface area contributed by atoms with Gasteiger partial charge in [-0.05, 0) is 38.0 Å². The van der Waals surface area contributed by atoms with E-state index in [0.717, 1.165) is 25.7 Å². The molecule has 25 heavy (non-hydrogen) atoms. The number of carbonyl (C=O) groups excluding carboxylic acids is 1. The fraction of sp³-hybridized carbons (Fsp3) is 0.765. The summed E-state index contributed by atoms with van der Waals surface area (Å²) in [6.07, 6.45) is 8.15. The van der Waals surface area contributed by atoms with Gasteiger partial charge in [-0.25, -0.2) is 0 Å². The Balaban J connectivity index is 1.22. The normalized spacial score (nSPS) is 31.0. The largest absolute Gasteiger partial charge is 0.481 e. The van der Waals surface area contributed by atoms with Crippen LogP contribution in [0.25, 0.3) is 0 Å². The van der Waals surface area contributed by atoms with E-state index in [9.17, 15) is 9.59 Å². The minimum Gasteiger partial charge on any atom is -0.481 e. The van der Waals surface area contributed by atoms with Crippen LogP contribution >= 0.6 is 0 Å². The first kappa shape index (κ1) is 16.5. The molecule has 2 saturated heterocycles. The number of amides is 1. The number of aromatic nitrogens is 3. The number of nitrogens with zero attached hydrogens (tertiary/aromatic N) is 4. The summed E-state index contributed by atoms with van der Waals surface area (Å²) >= 11 is 0. The number of aliphatic carboxylic acids is 1. The van der Waals surface area contributed by atoms with Gasteiger partial charge in [0.2, 0.25) is 5.91 Å². The molecule has 8 heteroatoms. The number of carbonyl (C=O) groups is 2. The van der Waals surface area contributed by atoms with Crippen molar-refractivity contribution in [2.24, 2.45) is 11.8 Å². The summed E-state index contributed by atoms with van der Waals surface area (Å²) in [5, 5.41) is 16.8. The van der Waals surface area contributed by atoms with Crippen molar-refractivity contribution >= 4 is 11.9 Å². The Kier molecular flexibility index (Phi) is 4.23. The van der Waals surface area contributed by atoms with E-state index in [1.807, 2.05) is 9.47 Å². The van der Waals surface area contributed by atoms with Crippen LogP contribution in [0.1, 0.15) is 44.6 Å². The Labute approximate surface area is 146 Å². The first-order valence-corrected chi connectivity index (χ1v) is 9.03. The number of carboxylic acid groups (broad SMARTS) is 1. The highest BCUT2D eigenvalue weighted by Gasteiger charge is 2.45. The molecule has 1 spiro atoms. The zero-order valence-corrected chi connectivity index (χ0v) is 14.2. The number of carboxylic acids is 1. The molecule has 3 fully saturated rings. The minimum absolute atomic E-state index is 0.217. The first-order chi connectivity index (χ1) is 12.0. The summed E-state index contributed by atoms with van der Waals surface area (Å²) in [5.41, 5.74) is -0.324. The first-order valence-electron chi connectivity index (χ1n) is 9.03. The highest BCUT2D eigenvalue weighted by molar-refractivity contribution is 5.76. The molecule has 3 heterocycles. The monoisotopic (exact) mass is 348 g/mol. The number of ether oxygens (including phenoxy) is 1. The molecule has 1 unspecified atom stereocenters. The Morgan fingerprint density at radius 2 is 1.88 bits per heavy atom. The number of hydrogen-bond acceptors (Lipinski definition) is 5. The summed E-state index contributed by atoms with van der Waals surface area (Å²) in [5.74, 6) is -0.514. The topological polar surface area (TPSA) is 97.6 Å². The Bertz CT molecular complexity index is 633. The van der Waals surface area contributed by atoms with Crippen LogP contribution < -0.4 is 0 Å². The molecule has 1 aliphatic carbocycles. The summed E-state index contributed by atoms with van der Waals surface area (Å²) in [4.78, 5) is 25.6. The van der Waals surface area contributed by atoms with Gasteiger partial charge in [-0.2, -0.15) is 0 Å². The Morgan fingerprint density at radius 1 is 1.20 bits per heavy atom. The van der Waals surface area contributed by atoms with E-state index >= 15 is 0 Å². The van der Waals surface area contributed by atoms with Gasteiger partial charge in [0.25, 0.3) is 0 Å². The van der Waals surface area contributed by atoms with Crippen LogP contribution in [-0.2, 0) is 14.3 Å². The van der Waals surface area contributed by atoms with Gasteiger partial charge in [-0.15, -0.1) is 10.2 Å². The van der Waals surface area contributed by atoms with Gasteiger partial charge in [-0.3, -0.25) is 9.59 Å². The van der Waals surface area contributed by atoms with Crippen molar-refractivity contribution in [1.82, 2.24) is 19.7 Å². The second-order valence-corrected chi connectivity index (χ2v) is 7.72. The molecule has 2 aliphatic heterocycles. The van der Waals surface area contributed by atoms with Crippen molar-refractivity contribution in [3.63, 3.8) is 0 Å². The predicted octanol–water partition coefficient (Wildman–Crippen LogP) is 1.10. The molecular formula is C17H24N4O4. The zero-order chi connectivity index (χ0) is 17.4. The highest BCUT2D eigenvalue weighted by atomic mass is 16.5. The maximum absolute atomic E-state index is 12.5. The number of likely N-dealkylation sites (tertiary alicyclic amines) is 1. The second kappa shape index (κ2) is 6.40. The molecule has 1 N–H and O–H groups in total. The maximum atomic E-state index is 12.5. The van der Waals surface area contributed by atoms with Gasteiger partial charge in [0.05, 0.1) is 18.1 Å². The van der Waals surface area contributed by atoms with Crippen molar-refractivity contribution in [3.8, 4) is 0 Å². The van der Waals surface area contributed by atoms with Gasteiger partial charge in [-0.1, -0.05) is 0 Å². The lowest BCUT2D eigenvalue weighted by atomic mass is 9.77. The number of hydrogen-bond donors (Lipinski definition) is 1. The lowest BCUT2D eigenvalue weighted by Gasteiger charge is -2.40. The predicted molar refractivity (Wildman–Crippen MR) is 86.6 cm³/mol. The van der Waals surface area contributed by atoms with Crippen LogP contribution in [0.15, 0.2) is 12.7 Å². The molecule has 8 nitrogen and oxygen atoms in total. The van der Waals surface area contributed by atoms with Crippen LogP contribution in [0, 0.1) is 11.8 Å². The molecule has 0 radical (unpaired) electrons. The van der Waals surface area contributed by atoms with Crippen molar-refractivity contribution < 1.29 is 19.4 Å². The van der Waals surface area contributed by atoms with Gasteiger partial charge >= 0.3 is 5.97 Å². The van der Waals surface area contributed by atoms with Crippen molar-refractivity contribution in [2.45, 2.75) is 50.2 Å². The Morgan fingerprint density at radius 3 is 2.48 bits per heavy atom. The van der Waals surface area contributed by atoms with Crippen molar-refractivity contribution in [3.05, 3.63) is 12.7 Å². The third-order valence-corrected chi connectivity index (χ3v) is 6.12. The van der Waals surface area contributed by atoms with E-state index in [4.69, 9.17) is 9.84 Å². The molecule has 1 amide bonds. The Hall–Kier alpha value is -1.96. The van der Waals surface area contributed by atoms with E-state index in [1.54, 1.807) is 12.7 Å². The molecule has 1 aromatic heterocycles. The van der Waals surface area contributed by atoms with Gasteiger partial charge in [0.15, 0.2) is 0 Å². The van der Waals surface area contributed by atoms with E-state index in [1.165, 1.54) is 0 Å². The van der Waals surface area contributed by atoms with E-state index in [0.29, 0.717) is 44.5 Å². The fourth-order valence-corrected chi connectivity index (χ4v) is 4.40. The summed E-state index contributed by atoms with van der Waals surface area (Å²) in [6.45, 7) is 1.65. The number of rotatable bonds is 4. The lowest BCUT2D eigenvalue weighted by Crippen LogP contribution is -2.47. The smallest absolute Gasteiger partial charge is 0.308 e. The summed E-state index contributed by atoms with van der Waals surface area (Å²) in [7, 11) is 0. The third kappa shape index (κ3) is 3.27. The molecule has 1 atom stereocenters. The summed E-state index contributed by atoms with van der Waals surface area (Å²) in [6, 6.07) is 0.428. The fourth-order valence-electron chi connectivity index (χ4n) is 4.40. The highest BCUT2D eigenvalue weighted by Crippen LogP contribution is 2.41. The van der Waals surface area contributed by atoms with Crippen molar-refractivity contribution in [2.75, 3.05) is 19.7 Å².